The summed E-state index contributed by atoms with van der Waals surface area (Å²) >= 11 is 0. The summed E-state index contributed by atoms with van der Waals surface area (Å²) in [4.78, 5) is 23.4. The number of nitrogens with zero attached hydrogens (tertiary/aromatic N) is 1. The largest absolute Gasteiger partial charge is 0.419 e. The summed E-state index contributed by atoms with van der Waals surface area (Å²) in [5.41, 5.74) is 1.74. The van der Waals surface area contributed by atoms with E-state index in [9.17, 15) is 18.0 Å². The first-order valence-electron chi connectivity index (χ1n) is 8.90. The minimum atomic E-state index is -3.84. The molecule has 0 saturated heterocycles. The zero-order valence-corrected chi connectivity index (χ0v) is 16.4. The smallest absolute Gasteiger partial charge is 0.408 e. The Bertz CT molecular complexity index is 1160. The number of amides is 1. The van der Waals surface area contributed by atoms with Gasteiger partial charge in [0.1, 0.15) is 0 Å². The van der Waals surface area contributed by atoms with Gasteiger partial charge >= 0.3 is 5.76 Å². The van der Waals surface area contributed by atoms with Crippen LogP contribution in [0.3, 0.4) is 0 Å². The first-order chi connectivity index (χ1) is 13.3. The fourth-order valence-corrected chi connectivity index (χ4v) is 3.80. The van der Waals surface area contributed by atoms with E-state index in [1.54, 1.807) is 19.1 Å². The number of aromatic nitrogens is 1. The van der Waals surface area contributed by atoms with E-state index in [1.165, 1.54) is 34.9 Å². The maximum atomic E-state index is 12.6. The topological polar surface area (TPSA) is 110 Å². The highest BCUT2D eigenvalue weighted by atomic mass is 32.2. The minimum Gasteiger partial charge on any atom is -0.408 e. The maximum Gasteiger partial charge on any atom is 0.419 e. The molecule has 2 aromatic carbocycles. The van der Waals surface area contributed by atoms with Crippen molar-refractivity contribution in [2.75, 3.05) is 10.0 Å². The van der Waals surface area contributed by atoms with Crippen molar-refractivity contribution in [3.63, 3.8) is 0 Å². The van der Waals surface area contributed by atoms with E-state index < -0.39 is 15.8 Å². The summed E-state index contributed by atoms with van der Waals surface area (Å²) in [6.07, 6.45) is 1.11. The summed E-state index contributed by atoms with van der Waals surface area (Å²) in [5.74, 6) is -0.625. The van der Waals surface area contributed by atoms with Crippen LogP contribution < -0.4 is 15.8 Å². The van der Waals surface area contributed by atoms with Crippen LogP contribution >= 0.6 is 0 Å². The lowest BCUT2D eigenvalue weighted by Crippen LogP contribution is -2.14. The Hall–Kier alpha value is -3.07. The average Bonchev–Trinajstić information content (AvgIpc) is 2.97. The van der Waals surface area contributed by atoms with Gasteiger partial charge in [0.2, 0.25) is 5.91 Å². The Morgan fingerprint density at radius 1 is 1.07 bits per heavy atom. The molecule has 8 nitrogen and oxygen atoms in total. The number of sulfonamides is 1. The van der Waals surface area contributed by atoms with Crippen LogP contribution in [0.1, 0.15) is 26.7 Å². The summed E-state index contributed by atoms with van der Waals surface area (Å²) in [6, 6.07) is 10.6. The minimum absolute atomic E-state index is 0.0482. The molecule has 0 spiro atoms. The normalized spacial score (nSPS) is 11.5. The van der Waals surface area contributed by atoms with Gasteiger partial charge in [-0.1, -0.05) is 13.8 Å². The van der Waals surface area contributed by atoms with Crippen LogP contribution in [0.2, 0.25) is 0 Å². The van der Waals surface area contributed by atoms with Gasteiger partial charge in [-0.15, -0.1) is 0 Å². The van der Waals surface area contributed by atoms with Crippen molar-refractivity contribution in [2.45, 2.75) is 38.1 Å². The molecule has 0 saturated carbocycles. The summed E-state index contributed by atoms with van der Waals surface area (Å²) in [5, 5.41) is 2.66. The Morgan fingerprint density at radius 2 is 1.75 bits per heavy atom. The van der Waals surface area contributed by atoms with Gasteiger partial charge in [-0.2, -0.15) is 0 Å². The predicted octanol–water partition coefficient (Wildman–Crippen LogP) is 3.15. The van der Waals surface area contributed by atoms with Crippen molar-refractivity contribution in [1.82, 2.24) is 4.57 Å². The Balaban J connectivity index is 1.83. The molecule has 3 aromatic rings. The number of carbonyl (C=O) groups is 1. The molecule has 0 radical (unpaired) electrons. The van der Waals surface area contributed by atoms with Gasteiger partial charge in [-0.25, -0.2) is 13.2 Å². The fraction of sp³-hybridized carbons (Fsp3) is 0.263. The molecule has 9 heteroatoms. The predicted molar refractivity (Wildman–Crippen MR) is 107 cm³/mol. The number of aryl methyl sites for hydroxylation is 1. The highest BCUT2D eigenvalue weighted by Crippen LogP contribution is 2.22. The number of rotatable bonds is 7. The van der Waals surface area contributed by atoms with Crippen molar-refractivity contribution in [3.8, 4) is 0 Å². The molecule has 28 heavy (non-hydrogen) atoms. The number of fused-ring (bicyclic) bond motifs is 1. The number of carbonyl (C=O) groups excluding carboxylic acids is 1. The first-order valence-corrected chi connectivity index (χ1v) is 10.4. The Morgan fingerprint density at radius 3 is 2.39 bits per heavy atom. The van der Waals surface area contributed by atoms with Crippen molar-refractivity contribution in [2.24, 2.45) is 0 Å². The number of anilines is 2. The van der Waals surface area contributed by atoms with Crippen molar-refractivity contribution in [1.29, 1.82) is 0 Å². The molecule has 2 N–H and O–H groups in total. The molecule has 0 unspecified atom stereocenters. The number of benzene rings is 2. The quantitative estimate of drug-likeness (QED) is 0.630. The molecule has 0 aliphatic rings. The van der Waals surface area contributed by atoms with E-state index in [0.29, 0.717) is 29.8 Å². The lowest BCUT2D eigenvalue weighted by molar-refractivity contribution is -0.115. The zero-order chi connectivity index (χ0) is 20.3. The van der Waals surface area contributed by atoms with Crippen molar-refractivity contribution in [3.05, 3.63) is 53.0 Å². The van der Waals surface area contributed by atoms with Crippen LogP contribution in [0.5, 0.6) is 0 Å². The second-order valence-electron chi connectivity index (χ2n) is 6.23. The van der Waals surface area contributed by atoms with Gasteiger partial charge in [-0.05, 0) is 42.8 Å². The third-order valence-corrected chi connectivity index (χ3v) is 5.53. The van der Waals surface area contributed by atoms with Crippen LogP contribution in [0.25, 0.3) is 11.1 Å². The third-order valence-electron chi connectivity index (χ3n) is 4.14. The molecule has 1 amide bonds. The number of hydrogen-bond acceptors (Lipinski definition) is 5. The SMILES string of the molecule is CCCn1c(=O)oc2cc(NS(=O)(=O)c3ccc(NC(=O)CC)cc3)ccc21. The summed E-state index contributed by atoms with van der Waals surface area (Å²) in [6.45, 7) is 4.21. The molecule has 0 aliphatic carbocycles. The van der Waals surface area contributed by atoms with Gasteiger partial charge in [0.25, 0.3) is 10.0 Å². The molecule has 0 bridgehead atoms. The second kappa shape index (κ2) is 7.89. The average molecular weight is 403 g/mol. The molecule has 3 rings (SSSR count). The van der Waals surface area contributed by atoms with Gasteiger partial charge in [0, 0.05) is 24.7 Å². The van der Waals surface area contributed by atoms with E-state index in [-0.39, 0.29) is 16.5 Å². The monoisotopic (exact) mass is 403 g/mol. The zero-order valence-electron chi connectivity index (χ0n) is 15.6. The lowest BCUT2D eigenvalue weighted by Gasteiger charge is -2.09. The molecule has 1 aromatic heterocycles. The Labute approximate surface area is 162 Å². The lowest BCUT2D eigenvalue weighted by atomic mass is 10.3. The maximum absolute atomic E-state index is 12.6. The second-order valence-corrected chi connectivity index (χ2v) is 7.92. The van der Waals surface area contributed by atoms with E-state index in [2.05, 4.69) is 10.0 Å². The van der Waals surface area contributed by atoms with Gasteiger partial charge in [-0.3, -0.25) is 14.1 Å². The highest BCUT2D eigenvalue weighted by molar-refractivity contribution is 7.92. The summed E-state index contributed by atoms with van der Waals surface area (Å²) in [7, 11) is -3.84. The van der Waals surface area contributed by atoms with Gasteiger partial charge in [0.15, 0.2) is 5.58 Å². The summed E-state index contributed by atoms with van der Waals surface area (Å²) < 4.78 is 34.4. The van der Waals surface area contributed by atoms with E-state index in [0.717, 1.165) is 6.42 Å². The van der Waals surface area contributed by atoms with Crippen LogP contribution in [0, 0.1) is 0 Å². The van der Waals surface area contributed by atoms with Gasteiger partial charge < -0.3 is 9.73 Å². The van der Waals surface area contributed by atoms with E-state index >= 15 is 0 Å². The van der Waals surface area contributed by atoms with E-state index in [4.69, 9.17) is 4.42 Å². The van der Waals surface area contributed by atoms with Crippen LogP contribution in [0.15, 0.2) is 56.6 Å². The molecule has 148 valence electrons. The molecule has 0 aliphatic heterocycles. The molecule has 0 atom stereocenters. The number of oxazole rings is 1. The van der Waals surface area contributed by atoms with Crippen LogP contribution in [-0.4, -0.2) is 18.9 Å². The molecule has 0 fully saturated rings. The van der Waals surface area contributed by atoms with Crippen LogP contribution in [-0.2, 0) is 21.4 Å². The molecular weight excluding hydrogens is 382 g/mol. The Kier molecular flexibility index (Phi) is 5.55. The van der Waals surface area contributed by atoms with Gasteiger partial charge in [0.05, 0.1) is 16.1 Å². The van der Waals surface area contributed by atoms with Crippen LogP contribution in [0.4, 0.5) is 11.4 Å². The first kappa shape index (κ1) is 19.7. The van der Waals surface area contributed by atoms with E-state index in [1.807, 2.05) is 6.92 Å². The standard InChI is InChI=1S/C19H21N3O5S/c1-3-11-22-16-10-7-14(12-17(16)27-19(22)24)21-28(25,26)15-8-5-13(6-9-15)20-18(23)4-2/h5-10,12,21H,3-4,11H2,1-2H3,(H,20,23). The fourth-order valence-electron chi connectivity index (χ4n) is 2.75. The van der Waals surface area contributed by atoms with Crippen molar-refractivity contribution >= 4 is 38.4 Å². The highest BCUT2D eigenvalue weighted by Gasteiger charge is 2.16. The van der Waals surface area contributed by atoms with Crippen molar-refractivity contribution < 1.29 is 17.6 Å². The molecule has 1 heterocycles. The number of hydrogen-bond donors (Lipinski definition) is 2. The number of nitrogens with one attached hydrogen (secondary N) is 2. The third kappa shape index (κ3) is 4.09. The molecular formula is C19H21N3O5S.